The lowest BCUT2D eigenvalue weighted by molar-refractivity contribution is -0.153. The molecule has 0 unspecified atom stereocenters. The first-order valence-electron chi connectivity index (χ1n) is 10.9. The van der Waals surface area contributed by atoms with Crippen molar-refractivity contribution in [3.05, 3.63) is 90.5 Å². The Hall–Kier alpha value is -2.31. The van der Waals surface area contributed by atoms with E-state index in [9.17, 15) is 0 Å². The Morgan fingerprint density at radius 3 is 2.44 bits per heavy atom. The summed E-state index contributed by atoms with van der Waals surface area (Å²) < 4.78 is 24.6. The molecular weight excluding hydrogens is 420 g/mol. The van der Waals surface area contributed by atoms with Gasteiger partial charge >= 0.3 is 0 Å². The van der Waals surface area contributed by atoms with Gasteiger partial charge in [-0.25, -0.2) is 0 Å². The lowest BCUT2D eigenvalue weighted by atomic mass is 10.1. The number of rotatable bonds is 8. The third-order valence-electron chi connectivity index (χ3n) is 4.95. The average Bonchev–Trinajstić information content (AvgIpc) is 2.79. The highest BCUT2D eigenvalue weighted by Gasteiger charge is 2.30. The van der Waals surface area contributed by atoms with Crippen LogP contribution in [0.3, 0.4) is 0 Å². The Kier molecular flexibility index (Phi) is 7.53. The summed E-state index contributed by atoms with van der Waals surface area (Å²) in [6.45, 7) is 7.28. The van der Waals surface area contributed by atoms with Gasteiger partial charge in [-0.15, -0.1) is 0 Å². The second kappa shape index (κ2) is 10.5. The summed E-state index contributed by atoms with van der Waals surface area (Å²) in [6, 6.07) is 24.4. The smallest absolute Gasteiger partial charge is 0.220 e. The van der Waals surface area contributed by atoms with Crippen LogP contribution in [-0.2, 0) is 20.3 Å². The van der Waals surface area contributed by atoms with E-state index in [0.717, 1.165) is 22.1 Å². The highest BCUT2D eigenvalue weighted by atomic mass is 32.2. The largest absolute Gasteiger partial charge is 0.461 e. The Morgan fingerprint density at radius 1 is 0.875 bits per heavy atom. The first kappa shape index (κ1) is 22.9. The fraction of sp³-hybridized carbons (Fsp3) is 0.333. The van der Waals surface area contributed by atoms with Gasteiger partial charge < -0.3 is 18.4 Å². The van der Waals surface area contributed by atoms with Gasteiger partial charge in [-0.2, -0.15) is 0 Å². The fourth-order valence-corrected chi connectivity index (χ4v) is 4.01. The van der Waals surface area contributed by atoms with Gasteiger partial charge in [0, 0.05) is 10.1 Å². The van der Waals surface area contributed by atoms with E-state index in [1.807, 2.05) is 54.6 Å². The number of fused-ring (bicyclic) bond motifs is 1. The molecule has 3 atom stereocenters. The molecule has 0 saturated carbocycles. The average molecular weight is 451 g/mol. The van der Waals surface area contributed by atoms with Crippen LogP contribution in [0.25, 0.3) is 10.8 Å². The van der Waals surface area contributed by atoms with Crippen LogP contribution in [0.15, 0.2) is 84.9 Å². The van der Waals surface area contributed by atoms with Gasteiger partial charge in [0.05, 0.1) is 13.2 Å². The van der Waals surface area contributed by atoms with Gasteiger partial charge in [-0.05, 0) is 55.9 Å². The molecule has 0 amide bonds. The van der Waals surface area contributed by atoms with Gasteiger partial charge in [0.2, 0.25) is 6.29 Å². The summed E-state index contributed by atoms with van der Waals surface area (Å²) in [5.41, 5.74) is 1.12. The molecule has 168 valence electrons. The molecule has 0 aromatic heterocycles. The van der Waals surface area contributed by atoms with Crippen LogP contribution in [-0.4, -0.2) is 29.9 Å². The molecule has 0 spiro atoms. The molecule has 0 fully saturated rings. The first-order chi connectivity index (χ1) is 15.5. The van der Waals surface area contributed by atoms with Crippen LogP contribution in [0.4, 0.5) is 0 Å². The Morgan fingerprint density at radius 2 is 1.62 bits per heavy atom. The maximum Gasteiger partial charge on any atom is 0.220 e. The summed E-state index contributed by atoms with van der Waals surface area (Å²) >= 11 is 1.45. The molecule has 0 saturated heterocycles. The Balaban J connectivity index is 1.46. The fourth-order valence-electron chi connectivity index (χ4n) is 3.45. The van der Waals surface area contributed by atoms with E-state index in [0.29, 0.717) is 13.2 Å². The van der Waals surface area contributed by atoms with E-state index >= 15 is 0 Å². The van der Waals surface area contributed by atoms with Crippen molar-refractivity contribution in [2.45, 2.75) is 50.6 Å². The van der Waals surface area contributed by atoms with Gasteiger partial charge in [0.1, 0.15) is 18.0 Å². The highest BCUT2D eigenvalue weighted by molar-refractivity contribution is 7.96. The van der Waals surface area contributed by atoms with Crippen LogP contribution in [0, 0.1) is 0 Å². The summed E-state index contributed by atoms with van der Waals surface area (Å²) in [5, 5.41) is 2.20. The SMILES string of the molecule is CC(C)(C)SOC[C@H]1O[C@H](Oc2cccc3ccccc23)C=C[C@@H]1OCc1ccccc1. The van der Waals surface area contributed by atoms with Gasteiger partial charge in [0.15, 0.2) is 0 Å². The molecule has 32 heavy (non-hydrogen) atoms. The van der Waals surface area contributed by atoms with E-state index in [1.165, 1.54) is 12.0 Å². The minimum absolute atomic E-state index is 0.00372. The van der Waals surface area contributed by atoms with Crippen molar-refractivity contribution in [3.8, 4) is 5.75 Å². The van der Waals surface area contributed by atoms with Crippen molar-refractivity contribution in [2.24, 2.45) is 0 Å². The second-order valence-electron chi connectivity index (χ2n) is 8.76. The maximum atomic E-state index is 6.28. The summed E-state index contributed by atoms with van der Waals surface area (Å²) in [5.74, 6) is 0.796. The van der Waals surface area contributed by atoms with Gasteiger partial charge in [0.25, 0.3) is 0 Å². The van der Waals surface area contributed by atoms with Gasteiger partial charge in [-0.1, -0.05) is 72.8 Å². The van der Waals surface area contributed by atoms with E-state index in [4.69, 9.17) is 18.4 Å². The summed E-state index contributed by atoms with van der Waals surface area (Å²) in [7, 11) is 0. The van der Waals surface area contributed by atoms with E-state index in [2.05, 4.69) is 51.1 Å². The number of hydrogen-bond donors (Lipinski definition) is 0. The molecular formula is C27H30O4S. The van der Waals surface area contributed by atoms with Crippen molar-refractivity contribution in [1.82, 2.24) is 0 Å². The maximum absolute atomic E-state index is 6.28. The zero-order valence-corrected chi connectivity index (χ0v) is 19.6. The molecule has 1 aliphatic rings. The van der Waals surface area contributed by atoms with Crippen LogP contribution in [0.2, 0.25) is 0 Å². The van der Waals surface area contributed by atoms with Crippen molar-refractivity contribution in [2.75, 3.05) is 6.61 Å². The zero-order chi connectivity index (χ0) is 22.4. The first-order valence-corrected chi connectivity index (χ1v) is 11.7. The monoisotopic (exact) mass is 450 g/mol. The normalized spacial score (nSPS) is 21.0. The highest BCUT2D eigenvalue weighted by Crippen LogP contribution is 2.30. The standard InChI is InChI=1S/C27H30O4S/c1-27(2,3)32-29-19-25-24(28-18-20-10-5-4-6-11-20)16-17-26(31-25)30-23-15-9-13-21-12-7-8-14-22(21)23/h4-17,24-26H,18-19H2,1-3H3/t24-,25+,26-/m0/s1. The van der Waals surface area contributed by atoms with E-state index in [1.54, 1.807) is 0 Å². The number of hydrogen-bond acceptors (Lipinski definition) is 5. The molecule has 3 aromatic rings. The van der Waals surface area contributed by atoms with Crippen molar-refractivity contribution < 1.29 is 18.4 Å². The second-order valence-corrected chi connectivity index (χ2v) is 10.4. The van der Waals surface area contributed by atoms with Crippen LogP contribution < -0.4 is 4.74 Å². The minimum atomic E-state index is -0.509. The van der Waals surface area contributed by atoms with Gasteiger partial charge in [-0.3, -0.25) is 0 Å². The molecule has 0 aliphatic carbocycles. The molecule has 5 heteroatoms. The van der Waals surface area contributed by atoms with Crippen LogP contribution in [0.1, 0.15) is 26.3 Å². The Labute approximate surface area is 194 Å². The third-order valence-corrected chi connectivity index (χ3v) is 5.71. The lowest BCUT2D eigenvalue weighted by Gasteiger charge is -2.32. The molecule has 0 N–H and O–H groups in total. The molecule has 0 radical (unpaired) electrons. The van der Waals surface area contributed by atoms with Crippen molar-refractivity contribution in [1.29, 1.82) is 0 Å². The number of ether oxygens (including phenoxy) is 3. The van der Waals surface area contributed by atoms with E-state index in [-0.39, 0.29) is 17.0 Å². The molecule has 1 heterocycles. The molecule has 0 bridgehead atoms. The minimum Gasteiger partial charge on any atom is -0.461 e. The summed E-state index contributed by atoms with van der Waals surface area (Å²) in [4.78, 5) is 0. The molecule has 4 rings (SSSR count). The molecule has 3 aromatic carbocycles. The van der Waals surface area contributed by atoms with E-state index < -0.39 is 6.29 Å². The number of benzene rings is 3. The quantitative estimate of drug-likeness (QED) is 0.287. The molecule has 1 aliphatic heterocycles. The van der Waals surface area contributed by atoms with Crippen molar-refractivity contribution >= 4 is 22.8 Å². The van der Waals surface area contributed by atoms with Crippen LogP contribution in [0.5, 0.6) is 5.75 Å². The topological polar surface area (TPSA) is 36.9 Å². The zero-order valence-electron chi connectivity index (χ0n) is 18.8. The predicted octanol–water partition coefficient (Wildman–Crippen LogP) is 6.55. The predicted molar refractivity (Wildman–Crippen MR) is 131 cm³/mol. The molecule has 4 nitrogen and oxygen atoms in total. The van der Waals surface area contributed by atoms with Crippen LogP contribution >= 0.6 is 12.0 Å². The Bertz CT molecular complexity index is 1020. The lowest BCUT2D eigenvalue weighted by Crippen LogP contribution is -2.41. The third kappa shape index (κ3) is 6.36. The summed E-state index contributed by atoms with van der Waals surface area (Å²) in [6.07, 6.45) is 2.94. The van der Waals surface area contributed by atoms with Crippen molar-refractivity contribution in [3.63, 3.8) is 0 Å².